The van der Waals surface area contributed by atoms with Crippen LogP contribution in [0.1, 0.15) is 59.6 Å². The number of amides is 1. The van der Waals surface area contributed by atoms with Crippen molar-refractivity contribution in [3.8, 4) is 0 Å². The SMILES string of the molecule is Cc1ccc2nc(C3CC3)cc(C(=O)NC3(C(=O)O)CCC3)c2c1. The molecule has 2 aromatic rings. The first kappa shape index (κ1) is 15.1. The first-order valence-corrected chi connectivity index (χ1v) is 8.46. The topological polar surface area (TPSA) is 79.3 Å². The van der Waals surface area contributed by atoms with Crippen molar-refractivity contribution in [1.29, 1.82) is 0 Å². The number of carbonyl (C=O) groups is 2. The second kappa shape index (κ2) is 5.30. The highest BCUT2D eigenvalue weighted by Gasteiger charge is 2.46. The number of aryl methyl sites for hydroxylation is 1. The number of fused-ring (bicyclic) bond motifs is 1. The van der Waals surface area contributed by atoms with E-state index in [-0.39, 0.29) is 5.91 Å². The van der Waals surface area contributed by atoms with E-state index in [1.165, 1.54) is 0 Å². The Balaban J connectivity index is 1.77. The first-order valence-electron chi connectivity index (χ1n) is 8.46. The zero-order chi connectivity index (χ0) is 16.9. The van der Waals surface area contributed by atoms with Crippen molar-refractivity contribution in [2.24, 2.45) is 0 Å². The fraction of sp³-hybridized carbons (Fsp3) is 0.421. The van der Waals surface area contributed by atoms with E-state index < -0.39 is 11.5 Å². The molecule has 2 N–H and O–H groups in total. The molecule has 5 heteroatoms. The molecule has 124 valence electrons. The van der Waals surface area contributed by atoms with Gasteiger partial charge in [-0.2, -0.15) is 0 Å². The summed E-state index contributed by atoms with van der Waals surface area (Å²) >= 11 is 0. The normalized spacial score (nSPS) is 18.9. The molecule has 4 rings (SSSR count). The molecule has 0 spiro atoms. The van der Waals surface area contributed by atoms with Gasteiger partial charge in [-0.3, -0.25) is 9.78 Å². The number of hydrogen-bond donors (Lipinski definition) is 2. The summed E-state index contributed by atoms with van der Waals surface area (Å²) in [6, 6.07) is 7.72. The summed E-state index contributed by atoms with van der Waals surface area (Å²) in [5.41, 5.74) is 2.23. The lowest BCUT2D eigenvalue weighted by Gasteiger charge is -2.38. The lowest BCUT2D eigenvalue weighted by molar-refractivity contribution is -0.148. The molecule has 0 saturated heterocycles. The van der Waals surface area contributed by atoms with Crippen LogP contribution in [0.25, 0.3) is 10.9 Å². The molecular weight excluding hydrogens is 304 g/mol. The number of rotatable bonds is 4. The zero-order valence-corrected chi connectivity index (χ0v) is 13.6. The van der Waals surface area contributed by atoms with E-state index in [0.29, 0.717) is 24.3 Å². The van der Waals surface area contributed by atoms with Crippen LogP contribution in [0.4, 0.5) is 0 Å². The minimum Gasteiger partial charge on any atom is -0.480 e. The number of hydrogen-bond acceptors (Lipinski definition) is 3. The molecule has 1 aromatic heterocycles. The van der Waals surface area contributed by atoms with Crippen LogP contribution >= 0.6 is 0 Å². The molecular formula is C19H20N2O3. The Morgan fingerprint density at radius 2 is 2.00 bits per heavy atom. The number of nitrogens with one attached hydrogen (secondary N) is 1. The Bertz CT molecular complexity index is 851. The fourth-order valence-electron chi connectivity index (χ4n) is 3.34. The van der Waals surface area contributed by atoms with E-state index in [1.54, 1.807) is 0 Å². The second-order valence-corrected chi connectivity index (χ2v) is 7.08. The summed E-state index contributed by atoms with van der Waals surface area (Å²) < 4.78 is 0. The quantitative estimate of drug-likeness (QED) is 0.905. The lowest BCUT2D eigenvalue weighted by Crippen LogP contribution is -2.59. The van der Waals surface area contributed by atoms with Gasteiger partial charge in [0.25, 0.3) is 5.91 Å². The van der Waals surface area contributed by atoms with Gasteiger partial charge in [0.2, 0.25) is 0 Å². The van der Waals surface area contributed by atoms with Crippen LogP contribution in [0.2, 0.25) is 0 Å². The predicted octanol–water partition coefficient (Wildman–Crippen LogP) is 3.16. The van der Waals surface area contributed by atoms with Gasteiger partial charge in [0.05, 0.1) is 11.1 Å². The van der Waals surface area contributed by atoms with Crippen LogP contribution < -0.4 is 5.32 Å². The van der Waals surface area contributed by atoms with Crippen LogP contribution in [-0.4, -0.2) is 27.5 Å². The van der Waals surface area contributed by atoms with Crippen molar-refractivity contribution in [1.82, 2.24) is 10.3 Å². The number of pyridine rings is 1. The van der Waals surface area contributed by atoms with Gasteiger partial charge in [0.1, 0.15) is 5.54 Å². The standard InChI is InChI=1S/C19H20N2O3/c1-11-3-6-15-13(9-11)14(10-16(20-15)12-4-5-12)17(22)21-19(18(23)24)7-2-8-19/h3,6,9-10,12H,2,4-5,7-8H2,1H3,(H,21,22)(H,23,24). The number of nitrogens with zero attached hydrogens (tertiary/aromatic N) is 1. The summed E-state index contributed by atoms with van der Waals surface area (Å²) in [5.74, 6) is -0.824. The number of aliphatic carboxylic acids is 1. The van der Waals surface area contributed by atoms with Gasteiger partial charge in [-0.25, -0.2) is 4.79 Å². The molecule has 2 aliphatic carbocycles. The highest BCUT2D eigenvalue weighted by Crippen LogP contribution is 2.40. The van der Waals surface area contributed by atoms with Gasteiger partial charge in [0, 0.05) is 17.0 Å². The Hall–Kier alpha value is -2.43. The van der Waals surface area contributed by atoms with Gasteiger partial charge in [-0.15, -0.1) is 0 Å². The van der Waals surface area contributed by atoms with Crippen LogP contribution in [0.5, 0.6) is 0 Å². The summed E-state index contributed by atoms with van der Waals surface area (Å²) in [6.45, 7) is 1.97. The largest absolute Gasteiger partial charge is 0.480 e. The molecule has 0 bridgehead atoms. The molecule has 5 nitrogen and oxygen atoms in total. The molecule has 24 heavy (non-hydrogen) atoms. The fourth-order valence-corrected chi connectivity index (χ4v) is 3.34. The molecule has 1 heterocycles. The summed E-state index contributed by atoms with van der Waals surface area (Å²) in [6.07, 6.45) is 4.02. The van der Waals surface area contributed by atoms with Crippen LogP contribution in [0.3, 0.4) is 0 Å². The predicted molar refractivity (Wildman–Crippen MR) is 90.1 cm³/mol. The molecule has 2 fully saturated rings. The lowest BCUT2D eigenvalue weighted by atomic mass is 9.76. The van der Waals surface area contributed by atoms with Gasteiger partial charge in [-0.05, 0) is 57.2 Å². The Labute approximate surface area is 140 Å². The van der Waals surface area contributed by atoms with Crippen LogP contribution in [0.15, 0.2) is 24.3 Å². The van der Waals surface area contributed by atoms with E-state index in [1.807, 2.05) is 31.2 Å². The van der Waals surface area contributed by atoms with Crippen LogP contribution in [-0.2, 0) is 4.79 Å². The van der Waals surface area contributed by atoms with Crippen molar-refractivity contribution in [2.45, 2.75) is 50.5 Å². The number of benzene rings is 1. The van der Waals surface area contributed by atoms with Crippen molar-refractivity contribution in [2.75, 3.05) is 0 Å². The van der Waals surface area contributed by atoms with E-state index in [9.17, 15) is 14.7 Å². The highest BCUT2D eigenvalue weighted by molar-refractivity contribution is 6.08. The Morgan fingerprint density at radius 1 is 1.25 bits per heavy atom. The smallest absolute Gasteiger partial charge is 0.329 e. The van der Waals surface area contributed by atoms with Crippen molar-refractivity contribution in [3.05, 3.63) is 41.1 Å². The van der Waals surface area contributed by atoms with Crippen molar-refractivity contribution >= 4 is 22.8 Å². The molecule has 1 aromatic carbocycles. The number of carboxylic acids is 1. The van der Waals surface area contributed by atoms with Gasteiger partial charge in [-0.1, -0.05) is 11.6 Å². The van der Waals surface area contributed by atoms with Crippen molar-refractivity contribution in [3.63, 3.8) is 0 Å². The molecule has 2 saturated carbocycles. The molecule has 0 atom stereocenters. The van der Waals surface area contributed by atoms with E-state index in [0.717, 1.165) is 41.4 Å². The number of carbonyl (C=O) groups excluding carboxylic acids is 1. The Kier molecular flexibility index (Phi) is 3.34. The molecule has 0 unspecified atom stereocenters. The first-order chi connectivity index (χ1) is 11.5. The minimum atomic E-state index is -1.10. The average Bonchev–Trinajstić information content (AvgIpc) is 3.34. The van der Waals surface area contributed by atoms with Gasteiger partial charge in [0.15, 0.2) is 0 Å². The van der Waals surface area contributed by atoms with Gasteiger partial charge >= 0.3 is 5.97 Å². The maximum atomic E-state index is 12.9. The van der Waals surface area contributed by atoms with Crippen molar-refractivity contribution < 1.29 is 14.7 Å². The molecule has 0 aliphatic heterocycles. The summed E-state index contributed by atoms with van der Waals surface area (Å²) in [5, 5.41) is 13.0. The highest BCUT2D eigenvalue weighted by atomic mass is 16.4. The van der Waals surface area contributed by atoms with Gasteiger partial charge < -0.3 is 10.4 Å². The average molecular weight is 324 g/mol. The molecule has 0 radical (unpaired) electrons. The maximum absolute atomic E-state index is 12.9. The third-order valence-corrected chi connectivity index (χ3v) is 5.19. The number of carboxylic acid groups (broad SMARTS) is 1. The number of aromatic nitrogens is 1. The zero-order valence-electron chi connectivity index (χ0n) is 13.6. The Morgan fingerprint density at radius 3 is 2.58 bits per heavy atom. The van der Waals surface area contributed by atoms with E-state index >= 15 is 0 Å². The minimum absolute atomic E-state index is 0.308. The van der Waals surface area contributed by atoms with Crippen LogP contribution in [0, 0.1) is 6.92 Å². The molecule has 2 aliphatic rings. The summed E-state index contributed by atoms with van der Waals surface area (Å²) in [4.78, 5) is 29.1. The van der Waals surface area contributed by atoms with E-state index in [2.05, 4.69) is 5.32 Å². The van der Waals surface area contributed by atoms with E-state index in [4.69, 9.17) is 4.98 Å². The summed E-state index contributed by atoms with van der Waals surface area (Å²) in [7, 11) is 0. The third-order valence-electron chi connectivity index (χ3n) is 5.19. The maximum Gasteiger partial charge on any atom is 0.329 e. The molecule has 1 amide bonds. The monoisotopic (exact) mass is 324 g/mol. The third kappa shape index (κ3) is 2.44. The second-order valence-electron chi connectivity index (χ2n) is 7.08.